The summed E-state index contributed by atoms with van der Waals surface area (Å²) in [5.74, 6) is 2.26. The number of rotatable bonds is 9. The van der Waals surface area contributed by atoms with E-state index in [9.17, 15) is 4.79 Å². The van der Waals surface area contributed by atoms with Crippen molar-refractivity contribution in [2.75, 3.05) is 13.7 Å². The van der Waals surface area contributed by atoms with Gasteiger partial charge in [-0.3, -0.25) is 4.79 Å². The average molecular weight is 430 g/mol. The number of nitrogens with one attached hydrogen (secondary N) is 1. The molecule has 0 bridgehead atoms. The van der Waals surface area contributed by atoms with Crippen molar-refractivity contribution in [2.24, 2.45) is 0 Å². The van der Waals surface area contributed by atoms with E-state index in [0.29, 0.717) is 6.54 Å². The number of fused-ring (bicyclic) bond motifs is 1. The van der Waals surface area contributed by atoms with Crippen LogP contribution < -0.4 is 14.8 Å². The van der Waals surface area contributed by atoms with E-state index in [1.807, 2.05) is 84.3 Å². The van der Waals surface area contributed by atoms with Crippen LogP contribution in [0.2, 0.25) is 0 Å². The summed E-state index contributed by atoms with van der Waals surface area (Å²) < 4.78 is 13.0. The number of amides is 1. The predicted octanol–water partition coefficient (Wildman–Crippen LogP) is 4.29. The Bertz CT molecular complexity index is 1180. The number of nitrogens with zero attached hydrogens (tertiary/aromatic N) is 2. The SMILES string of the molecule is COc1ccc(CCNC(=O)Cn2c(COc3ccc(C)cc3)nc3ccccc32)cc1. The lowest BCUT2D eigenvalue weighted by atomic mass is 10.1. The molecule has 3 aromatic carbocycles. The number of hydrogen-bond acceptors (Lipinski definition) is 4. The molecule has 1 heterocycles. The fourth-order valence-electron chi connectivity index (χ4n) is 3.53. The number of carbonyl (C=O) groups excluding carboxylic acids is 1. The molecule has 0 spiro atoms. The van der Waals surface area contributed by atoms with Crippen LogP contribution in [0.1, 0.15) is 17.0 Å². The van der Waals surface area contributed by atoms with Crippen molar-refractivity contribution in [3.8, 4) is 11.5 Å². The zero-order valence-corrected chi connectivity index (χ0v) is 18.4. The van der Waals surface area contributed by atoms with E-state index < -0.39 is 0 Å². The molecule has 32 heavy (non-hydrogen) atoms. The van der Waals surface area contributed by atoms with Crippen molar-refractivity contribution in [1.82, 2.24) is 14.9 Å². The molecule has 0 aliphatic carbocycles. The number of ether oxygens (including phenoxy) is 2. The Morgan fingerprint density at radius 3 is 2.44 bits per heavy atom. The van der Waals surface area contributed by atoms with Crippen LogP contribution in [0.4, 0.5) is 0 Å². The highest BCUT2D eigenvalue weighted by molar-refractivity contribution is 5.81. The van der Waals surface area contributed by atoms with Gasteiger partial charge >= 0.3 is 0 Å². The van der Waals surface area contributed by atoms with Gasteiger partial charge in [-0.15, -0.1) is 0 Å². The first kappa shape index (κ1) is 21.4. The van der Waals surface area contributed by atoms with Gasteiger partial charge < -0.3 is 19.4 Å². The summed E-state index contributed by atoms with van der Waals surface area (Å²) in [6, 6.07) is 23.6. The Balaban J connectivity index is 1.40. The van der Waals surface area contributed by atoms with Crippen LogP contribution in [0, 0.1) is 6.92 Å². The highest BCUT2D eigenvalue weighted by atomic mass is 16.5. The molecule has 164 valence electrons. The normalized spacial score (nSPS) is 10.8. The number of para-hydroxylation sites is 2. The lowest BCUT2D eigenvalue weighted by Crippen LogP contribution is -2.30. The number of carbonyl (C=O) groups is 1. The molecule has 1 amide bonds. The fourth-order valence-corrected chi connectivity index (χ4v) is 3.53. The summed E-state index contributed by atoms with van der Waals surface area (Å²) in [5.41, 5.74) is 4.09. The second-order valence-electron chi connectivity index (χ2n) is 7.65. The van der Waals surface area contributed by atoms with Gasteiger partial charge in [0, 0.05) is 6.54 Å². The van der Waals surface area contributed by atoms with Crippen molar-refractivity contribution in [3.05, 3.63) is 89.7 Å². The van der Waals surface area contributed by atoms with Crippen LogP contribution in [0.25, 0.3) is 11.0 Å². The number of hydrogen-bond donors (Lipinski definition) is 1. The number of aryl methyl sites for hydroxylation is 1. The van der Waals surface area contributed by atoms with Crippen molar-refractivity contribution in [2.45, 2.75) is 26.5 Å². The van der Waals surface area contributed by atoms with Crippen LogP contribution in [0.5, 0.6) is 11.5 Å². The topological polar surface area (TPSA) is 65.4 Å². The van der Waals surface area contributed by atoms with Gasteiger partial charge in [0.05, 0.1) is 18.1 Å². The molecule has 0 saturated heterocycles. The van der Waals surface area contributed by atoms with Gasteiger partial charge in [0.1, 0.15) is 30.5 Å². The molecule has 0 unspecified atom stereocenters. The Hall–Kier alpha value is -3.80. The van der Waals surface area contributed by atoms with Gasteiger partial charge in [-0.2, -0.15) is 0 Å². The molecular weight excluding hydrogens is 402 g/mol. The average Bonchev–Trinajstić information content (AvgIpc) is 3.16. The third-order valence-electron chi connectivity index (χ3n) is 5.32. The Kier molecular flexibility index (Phi) is 6.70. The molecule has 4 rings (SSSR count). The Labute approximate surface area is 187 Å². The van der Waals surface area contributed by atoms with Crippen molar-refractivity contribution < 1.29 is 14.3 Å². The van der Waals surface area contributed by atoms with Gasteiger partial charge in [0.2, 0.25) is 5.91 Å². The molecule has 6 nitrogen and oxygen atoms in total. The lowest BCUT2D eigenvalue weighted by Gasteiger charge is -2.11. The molecular formula is C26H27N3O3. The van der Waals surface area contributed by atoms with E-state index in [2.05, 4.69) is 10.3 Å². The zero-order valence-electron chi connectivity index (χ0n) is 18.4. The highest BCUT2D eigenvalue weighted by Crippen LogP contribution is 2.19. The van der Waals surface area contributed by atoms with E-state index in [-0.39, 0.29) is 19.1 Å². The van der Waals surface area contributed by atoms with Gasteiger partial charge in [-0.25, -0.2) is 4.98 Å². The minimum atomic E-state index is -0.0572. The fraction of sp³-hybridized carbons (Fsp3) is 0.231. The molecule has 4 aromatic rings. The molecule has 0 aliphatic rings. The maximum Gasteiger partial charge on any atom is 0.240 e. The van der Waals surface area contributed by atoms with Crippen LogP contribution in [0.15, 0.2) is 72.8 Å². The van der Waals surface area contributed by atoms with E-state index in [1.54, 1.807) is 7.11 Å². The predicted molar refractivity (Wildman–Crippen MR) is 125 cm³/mol. The van der Waals surface area contributed by atoms with Crippen molar-refractivity contribution >= 4 is 16.9 Å². The third-order valence-corrected chi connectivity index (χ3v) is 5.32. The zero-order chi connectivity index (χ0) is 22.3. The Morgan fingerprint density at radius 2 is 1.69 bits per heavy atom. The lowest BCUT2D eigenvalue weighted by molar-refractivity contribution is -0.121. The van der Waals surface area contributed by atoms with Gasteiger partial charge in [0.15, 0.2) is 0 Å². The largest absolute Gasteiger partial charge is 0.497 e. The van der Waals surface area contributed by atoms with E-state index in [0.717, 1.165) is 40.3 Å². The number of benzene rings is 3. The Morgan fingerprint density at radius 1 is 0.969 bits per heavy atom. The van der Waals surface area contributed by atoms with Crippen molar-refractivity contribution in [3.63, 3.8) is 0 Å². The first-order chi connectivity index (χ1) is 15.6. The summed E-state index contributed by atoms with van der Waals surface area (Å²) in [6.45, 7) is 3.08. The summed E-state index contributed by atoms with van der Waals surface area (Å²) in [5, 5.41) is 3.01. The third kappa shape index (κ3) is 5.27. The van der Waals surface area contributed by atoms with Gasteiger partial charge in [-0.1, -0.05) is 42.0 Å². The van der Waals surface area contributed by atoms with Crippen LogP contribution in [-0.4, -0.2) is 29.1 Å². The molecule has 0 fully saturated rings. The highest BCUT2D eigenvalue weighted by Gasteiger charge is 2.14. The molecule has 0 radical (unpaired) electrons. The minimum Gasteiger partial charge on any atom is -0.497 e. The second-order valence-corrected chi connectivity index (χ2v) is 7.65. The van der Waals surface area contributed by atoms with Crippen LogP contribution >= 0.6 is 0 Å². The first-order valence-electron chi connectivity index (χ1n) is 10.7. The maximum absolute atomic E-state index is 12.7. The molecule has 0 atom stereocenters. The maximum atomic E-state index is 12.7. The number of imidazole rings is 1. The smallest absolute Gasteiger partial charge is 0.240 e. The van der Waals surface area contributed by atoms with Crippen LogP contribution in [-0.2, 0) is 24.4 Å². The van der Waals surface area contributed by atoms with Gasteiger partial charge in [-0.05, 0) is 55.3 Å². The van der Waals surface area contributed by atoms with E-state index in [4.69, 9.17) is 9.47 Å². The summed E-state index contributed by atoms with van der Waals surface area (Å²) in [4.78, 5) is 17.4. The standard InChI is InChI=1S/C26H27N3O3/c1-19-7-11-22(12-8-19)32-18-25-28-23-5-3-4-6-24(23)29(25)17-26(30)27-16-15-20-9-13-21(31-2)14-10-20/h3-14H,15-18H2,1-2H3,(H,27,30). The molecule has 1 aromatic heterocycles. The summed E-state index contributed by atoms with van der Waals surface area (Å²) in [7, 11) is 1.65. The van der Waals surface area contributed by atoms with E-state index in [1.165, 1.54) is 5.56 Å². The first-order valence-corrected chi connectivity index (χ1v) is 10.7. The summed E-state index contributed by atoms with van der Waals surface area (Å²) in [6.07, 6.45) is 0.754. The molecule has 6 heteroatoms. The van der Waals surface area contributed by atoms with Crippen molar-refractivity contribution in [1.29, 1.82) is 0 Å². The second kappa shape index (κ2) is 10.0. The minimum absolute atomic E-state index is 0.0572. The molecule has 0 saturated carbocycles. The monoisotopic (exact) mass is 429 g/mol. The van der Waals surface area contributed by atoms with Gasteiger partial charge in [0.25, 0.3) is 0 Å². The number of methoxy groups -OCH3 is 1. The van der Waals surface area contributed by atoms with Crippen LogP contribution in [0.3, 0.4) is 0 Å². The molecule has 1 N–H and O–H groups in total. The quantitative estimate of drug-likeness (QED) is 0.431. The summed E-state index contributed by atoms with van der Waals surface area (Å²) >= 11 is 0. The van der Waals surface area contributed by atoms with E-state index >= 15 is 0 Å². The molecule has 0 aliphatic heterocycles. The number of aromatic nitrogens is 2.